The van der Waals surface area contributed by atoms with Crippen LogP contribution in [0.15, 0.2) is 41.0 Å². The first kappa shape index (κ1) is 21.1. The van der Waals surface area contributed by atoms with E-state index in [0.29, 0.717) is 26.2 Å². The van der Waals surface area contributed by atoms with Gasteiger partial charge in [-0.25, -0.2) is 0 Å². The number of nitrogens with one attached hydrogen (secondary N) is 2. The first-order valence-electron chi connectivity index (χ1n) is 10.3. The summed E-state index contributed by atoms with van der Waals surface area (Å²) in [6.45, 7) is 9.83. The average molecular weight is 401 g/mol. The molecule has 1 aliphatic heterocycles. The zero-order valence-corrected chi connectivity index (χ0v) is 17.5. The number of quaternary nitrogens is 2. The monoisotopic (exact) mass is 400 g/mol. The number of hydrogen-bond acceptors (Lipinski definition) is 3. The second-order valence-electron chi connectivity index (χ2n) is 7.87. The van der Waals surface area contributed by atoms with Gasteiger partial charge in [-0.1, -0.05) is 18.2 Å². The Hall–Kier alpha value is -2.64. The Bertz CT molecular complexity index is 806. The lowest BCUT2D eigenvalue weighted by molar-refractivity contribution is -0.895. The molecule has 7 nitrogen and oxygen atoms in total. The normalized spacial score (nSPS) is 15.9. The molecule has 1 aliphatic rings. The summed E-state index contributed by atoms with van der Waals surface area (Å²) in [4.78, 5) is 28.1. The SMILES string of the molecule is Cc1cccc(C)c1NC(=O)C[NH+]1CCN(C(=O)C[NH2+][C@H](C)c2ccco2)CC1. The van der Waals surface area contributed by atoms with Gasteiger partial charge < -0.3 is 24.9 Å². The molecule has 1 aromatic heterocycles. The molecule has 2 heterocycles. The maximum atomic E-state index is 12.5. The van der Waals surface area contributed by atoms with Crippen molar-refractivity contribution in [1.29, 1.82) is 0 Å². The van der Waals surface area contributed by atoms with Crippen molar-refractivity contribution in [2.75, 3.05) is 44.6 Å². The van der Waals surface area contributed by atoms with E-state index in [-0.39, 0.29) is 17.9 Å². The molecule has 7 heteroatoms. The minimum atomic E-state index is 0.0257. The largest absolute Gasteiger partial charge is 0.463 e. The highest BCUT2D eigenvalue weighted by Gasteiger charge is 2.26. The topological polar surface area (TPSA) is 83.6 Å². The number of carbonyl (C=O) groups excluding carboxylic acids is 2. The van der Waals surface area contributed by atoms with Gasteiger partial charge in [0.15, 0.2) is 18.8 Å². The van der Waals surface area contributed by atoms with Crippen LogP contribution in [-0.2, 0) is 9.59 Å². The maximum absolute atomic E-state index is 12.5. The van der Waals surface area contributed by atoms with Crippen LogP contribution in [0.4, 0.5) is 5.69 Å². The van der Waals surface area contributed by atoms with Crippen molar-refractivity contribution in [3.05, 3.63) is 53.5 Å². The molecule has 0 unspecified atom stereocenters. The summed E-state index contributed by atoms with van der Waals surface area (Å²) in [6.07, 6.45) is 1.65. The molecule has 0 aliphatic carbocycles. The average Bonchev–Trinajstić information content (AvgIpc) is 3.24. The Kier molecular flexibility index (Phi) is 7.06. The van der Waals surface area contributed by atoms with Crippen molar-refractivity contribution < 1.29 is 24.2 Å². The summed E-state index contributed by atoms with van der Waals surface area (Å²) < 4.78 is 5.38. The van der Waals surface area contributed by atoms with Crippen LogP contribution in [0, 0.1) is 13.8 Å². The summed E-state index contributed by atoms with van der Waals surface area (Å²) in [7, 11) is 0. The van der Waals surface area contributed by atoms with Crippen molar-refractivity contribution in [3.63, 3.8) is 0 Å². The van der Waals surface area contributed by atoms with E-state index in [1.165, 1.54) is 4.90 Å². The van der Waals surface area contributed by atoms with Crippen LogP contribution >= 0.6 is 0 Å². The van der Waals surface area contributed by atoms with Gasteiger partial charge in [0.1, 0.15) is 6.04 Å². The van der Waals surface area contributed by atoms with Gasteiger partial charge in [0.25, 0.3) is 11.8 Å². The molecule has 1 fully saturated rings. The van der Waals surface area contributed by atoms with Crippen molar-refractivity contribution in [1.82, 2.24) is 4.90 Å². The predicted molar refractivity (Wildman–Crippen MR) is 111 cm³/mol. The fourth-order valence-corrected chi connectivity index (χ4v) is 3.74. The molecular formula is C22H32N4O3+2. The van der Waals surface area contributed by atoms with Crippen LogP contribution in [0.3, 0.4) is 0 Å². The zero-order valence-electron chi connectivity index (χ0n) is 17.5. The number of rotatable bonds is 7. The number of aryl methyl sites for hydroxylation is 2. The van der Waals surface area contributed by atoms with Gasteiger partial charge >= 0.3 is 0 Å². The number of hydrogen-bond donors (Lipinski definition) is 3. The summed E-state index contributed by atoms with van der Waals surface area (Å²) >= 11 is 0. The van der Waals surface area contributed by atoms with E-state index in [4.69, 9.17) is 4.42 Å². The Morgan fingerprint density at radius 3 is 2.48 bits per heavy atom. The van der Waals surface area contributed by atoms with Crippen LogP contribution in [-0.4, -0.2) is 56.0 Å². The Balaban J connectivity index is 1.40. The van der Waals surface area contributed by atoms with Gasteiger partial charge in [-0.15, -0.1) is 0 Å². The van der Waals surface area contributed by atoms with Crippen molar-refractivity contribution >= 4 is 17.5 Å². The highest BCUT2D eigenvalue weighted by atomic mass is 16.3. The molecule has 2 aromatic rings. The molecule has 2 amide bonds. The van der Waals surface area contributed by atoms with Gasteiger partial charge in [-0.05, 0) is 44.0 Å². The number of anilines is 1. The third-order valence-corrected chi connectivity index (χ3v) is 5.62. The van der Waals surface area contributed by atoms with Crippen LogP contribution in [0.1, 0.15) is 29.9 Å². The van der Waals surface area contributed by atoms with E-state index in [1.54, 1.807) is 6.26 Å². The van der Waals surface area contributed by atoms with Crippen LogP contribution < -0.4 is 15.5 Å². The van der Waals surface area contributed by atoms with Gasteiger partial charge in [0, 0.05) is 5.69 Å². The van der Waals surface area contributed by atoms with E-state index in [9.17, 15) is 9.59 Å². The third-order valence-electron chi connectivity index (χ3n) is 5.62. The Morgan fingerprint density at radius 1 is 1.17 bits per heavy atom. The molecule has 4 N–H and O–H groups in total. The number of piperazine rings is 1. The zero-order chi connectivity index (χ0) is 20.8. The van der Waals surface area contributed by atoms with Gasteiger partial charge in [-0.3, -0.25) is 9.59 Å². The maximum Gasteiger partial charge on any atom is 0.279 e. The molecule has 0 radical (unpaired) electrons. The number of nitrogens with two attached hydrogens (primary N) is 1. The Morgan fingerprint density at radius 2 is 1.86 bits per heavy atom. The minimum Gasteiger partial charge on any atom is -0.463 e. The van der Waals surface area contributed by atoms with E-state index in [0.717, 1.165) is 35.7 Å². The van der Waals surface area contributed by atoms with E-state index < -0.39 is 0 Å². The van der Waals surface area contributed by atoms with Gasteiger partial charge in [0.05, 0.1) is 32.4 Å². The van der Waals surface area contributed by atoms with Crippen LogP contribution in [0.2, 0.25) is 0 Å². The summed E-state index contributed by atoms with van der Waals surface area (Å²) in [5.74, 6) is 1.04. The van der Waals surface area contributed by atoms with Crippen molar-refractivity contribution in [3.8, 4) is 0 Å². The molecular weight excluding hydrogens is 368 g/mol. The number of furan rings is 1. The summed E-state index contributed by atoms with van der Waals surface area (Å²) in [6, 6.07) is 9.91. The minimum absolute atomic E-state index is 0.0257. The van der Waals surface area contributed by atoms with Gasteiger partial charge in [-0.2, -0.15) is 0 Å². The number of benzene rings is 1. The smallest absolute Gasteiger partial charge is 0.279 e. The molecule has 3 rings (SSSR count). The Labute approximate surface area is 172 Å². The molecule has 1 aromatic carbocycles. The molecule has 0 spiro atoms. The number of carbonyl (C=O) groups is 2. The fraction of sp³-hybridized carbons (Fsp3) is 0.455. The molecule has 0 saturated carbocycles. The van der Waals surface area contributed by atoms with Crippen molar-refractivity contribution in [2.24, 2.45) is 0 Å². The highest BCUT2D eigenvalue weighted by Crippen LogP contribution is 2.18. The molecule has 0 bridgehead atoms. The second-order valence-corrected chi connectivity index (χ2v) is 7.87. The lowest BCUT2D eigenvalue weighted by Gasteiger charge is -2.31. The second kappa shape index (κ2) is 9.71. The third kappa shape index (κ3) is 5.68. The molecule has 156 valence electrons. The van der Waals surface area contributed by atoms with Crippen LogP contribution in [0.5, 0.6) is 0 Å². The summed E-state index contributed by atoms with van der Waals surface area (Å²) in [5, 5.41) is 5.05. The number of amides is 2. The molecule has 1 saturated heterocycles. The number of nitrogens with zero attached hydrogens (tertiary/aromatic N) is 1. The predicted octanol–water partition coefficient (Wildman–Crippen LogP) is -0.113. The summed E-state index contributed by atoms with van der Waals surface area (Å²) in [5.41, 5.74) is 3.06. The fourth-order valence-electron chi connectivity index (χ4n) is 3.74. The molecule has 29 heavy (non-hydrogen) atoms. The van der Waals surface area contributed by atoms with Gasteiger partial charge in [0.2, 0.25) is 0 Å². The lowest BCUT2D eigenvalue weighted by atomic mass is 10.1. The highest BCUT2D eigenvalue weighted by molar-refractivity contribution is 5.93. The first-order valence-corrected chi connectivity index (χ1v) is 10.3. The van der Waals surface area contributed by atoms with E-state index >= 15 is 0 Å². The number of para-hydroxylation sites is 1. The first-order chi connectivity index (χ1) is 13.9. The molecule has 1 atom stereocenters. The van der Waals surface area contributed by atoms with Crippen LogP contribution in [0.25, 0.3) is 0 Å². The van der Waals surface area contributed by atoms with E-state index in [1.807, 2.05) is 61.3 Å². The quantitative estimate of drug-likeness (QED) is 0.606. The van der Waals surface area contributed by atoms with Crippen molar-refractivity contribution in [2.45, 2.75) is 26.8 Å². The van der Waals surface area contributed by atoms with E-state index in [2.05, 4.69) is 5.32 Å². The lowest BCUT2D eigenvalue weighted by Crippen LogP contribution is -3.15. The standard InChI is InChI=1S/C22H30N4O3/c1-16-6-4-7-17(2)22(16)24-20(27)15-25-9-11-26(12-10-25)21(28)14-23-18(3)19-8-5-13-29-19/h4-8,13,18,23H,9-12,14-15H2,1-3H3,(H,24,27)/p+2/t18-/m1/s1.